The number of halogens is 2. The van der Waals surface area contributed by atoms with E-state index >= 15 is 4.39 Å². The maximum Gasteiger partial charge on any atom is 0.407 e. The summed E-state index contributed by atoms with van der Waals surface area (Å²) in [5.41, 5.74) is 5.33. The van der Waals surface area contributed by atoms with E-state index in [2.05, 4.69) is 9.97 Å². The zero-order chi connectivity index (χ0) is 28.2. The molecule has 9 nitrogen and oxygen atoms in total. The molecule has 1 saturated heterocycles. The largest absolute Gasteiger partial charge is 0.508 e. The molecule has 0 radical (unpaired) electrons. The minimum absolute atomic E-state index is 0.0135. The third-order valence-corrected chi connectivity index (χ3v) is 7.42. The first-order chi connectivity index (χ1) is 18.4. The van der Waals surface area contributed by atoms with Crippen LogP contribution in [-0.2, 0) is 0 Å². The van der Waals surface area contributed by atoms with Gasteiger partial charge in [-0.3, -0.25) is 4.79 Å². The molecule has 11 heteroatoms. The van der Waals surface area contributed by atoms with Crippen molar-refractivity contribution >= 4 is 51.1 Å². The number of hydrogen-bond acceptors (Lipinski definition) is 6. The molecule has 1 aliphatic rings. The Hall–Kier alpha value is -4.18. The van der Waals surface area contributed by atoms with Crippen LogP contribution in [0.4, 0.5) is 15.0 Å². The molecule has 3 aromatic carbocycles. The van der Waals surface area contributed by atoms with Gasteiger partial charge in [0.15, 0.2) is 5.82 Å². The molecule has 1 atom stereocenters. The number of phenols is 1. The van der Waals surface area contributed by atoms with E-state index in [1.54, 1.807) is 30.3 Å². The standard InChI is InChI=1S/C28H27ClFN5O4/c1-28(2,3)20-13-34(8-9-35(20)27(38)39)26-18-12-19(29)21(22(30)23(18)32-25(33-26)24(31)37)17-11-15(36)10-14-6-4-5-7-16(14)17/h4-7,10-12,20,36H,8-9,13H2,1-3H3,(H2,31,37)(H,38,39). The summed E-state index contributed by atoms with van der Waals surface area (Å²) < 4.78 is 16.4. The lowest BCUT2D eigenvalue weighted by atomic mass is 9.84. The normalized spacial score (nSPS) is 16.2. The van der Waals surface area contributed by atoms with E-state index in [0.29, 0.717) is 16.3 Å². The molecule has 0 aliphatic carbocycles. The van der Waals surface area contributed by atoms with Crippen molar-refractivity contribution in [3.8, 4) is 16.9 Å². The zero-order valence-corrected chi connectivity index (χ0v) is 22.3. The van der Waals surface area contributed by atoms with E-state index in [1.807, 2.05) is 25.7 Å². The van der Waals surface area contributed by atoms with E-state index in [1.165, 1.54) is 17.0 Å². The van der Waals surface area contributed by atoms with Crippen LogP contribution in [0.3, 0.4) is 0 Å². The third-order valence-electron chi connectivity index (χ3n) is 7.12. The van der Waals surface area contributed by atoms with Crippen molar-refractivity contribution in [1.82, 2.24) is 14.9 Å². The van der Waals surface area contributed by atoms with Gasteiger partial charge in [-0.2, -0.15) is 0 Å². The van der Waals surface area contributed by atoms with Crippen LogP contribution < -0.4 is 10.6 Å². The van der Waals surface area contributed by atoms with Crippen LogP contribution in [0.15, 0.2) is 42.5 Å². The minimum Gasteiger partial charge on any atom is -0.508 e. The molecule has 39 heavy (non-hydrogen) atoms. The van der Waals surface area contributed by atoms with E-state index in [0.717, 1.165) is 0 Å². The highest BCUT2D eigenvalue weighted by Crippen LogP contribution is 2.42. The number of phenolic OH excluding ortho intramolecular Hbond substituents is 1. The molecular weight excluding hydrogens is 525 g/mol. The fraction of sp³-hybridized carbons (Fsp3) is 0.286. The van der Waals surface area contributed by atoms with Crippen LogP contribution in [0.5, 0.6) is 5.75 Å². The lowest BCUT2D eigenvalue weighted by Crippen LogP contribution is -2.59. The zero-order valence-electron chi connectivity index (χ0n) is 21.6. The first-order valence-electron chi connectivity index (χ1n) is 12.3. The van der Waals surface area contributed by atoms with Crippen molar-refractivity contribution in [1.29, 1.82) is 0 Å². The van der Waals surface area contributed by atoms with Crippen molar-refractivity contribution in [2.45, 2.75) is 26.8 Å². The Morgan fingerprint density at radius 2 is 1.82 bits per heavy atom. The van der Waals surface area contributed by atoms with Crippen molar-refractivity contribution in [3.05, 3.63) is 59.1 Å². The molecule has 1 unspecified atom stereocenters. The van der Waals surface area contributed by atoms with E-state index in [9.17, 15) is 19.8 Å². The maximum atomic E-state index is 16.4. The number of carbonyl (C=O) groups excluding carboxylic acids is 1. The molecule has 4 N–H and O–H groups in total. The molecule has 0 saturated carbocycles. The topological polar surface area (TPSA) is 133 Å². The van der Waals surface area contributed by atoms with Crippen LogP contribution in [-0.4, -0.2) is 62.8 Å². The van der Waals surface area contributed by atoms with Gasteiger partial charge in [-0.05, 0) is 39.9 Å². The Morgan fingerprint density at radius 3 is 2.49 bits per heavy atom. The average Bonchev–Trinajstić information content (AvgIpc) is 2.87. The Morgan fingerprint density at radius 1 is 1.10 bits per heavy atom. The molecule has 0 bridgehead atoms. The molecule has 1 aliphatic heterocycles. The van der Waals surface area contributed by atoms with Crippen LogP contribution in [0.1, 0.15) is 31.4 Å². The molecule has 5 rings (SSSR count). The predicted octanol–water partition coefficient (Wildman–Crippen LogP) is 5.26. The average molecular weight is 552 g/mol. The number of nitrogens with two attached hydrogens (primary N) is 1. The van der Waals surface area contributed by atoms with Gasteiger partial charge in [0.25, 0.3) is 5.91 Å². The number of carbonyl (C=O) groups is 2. The molecule has 1 aromatic heterocycles. The summed E-state index contributed by atoms with van der Waals surface area (Å²) in [6.07, 6.45) is -1.03. The van der Waals surface area contributed by atoms with Crippen LogP contribution in [0.2, 0.25) is 5.02 Å². The van der Waals surface area contributed by atoms with Gasteiger partial charge in [0, 0.05) is 30.6 Å². The monoisotopic (exact) mass is 551 g/mol. The van der Waals surface area contributed by atoms with Gasteiger partial charge in [-0.15, -0.1) is 0 Å². The number of hydrogen-bond donors (Lipinski definition) is 3. The number of aromatic nitrogens is 2. The van der Waals surface area contributed by atoms with Gasteiger partial charge >= 0.3 is 6.09 Å². The predicted molar refractivity (Wildman–Crippen MR) is 148 cm³/mol. The smallest absolute Gasteiger partial charge is 0.407 e. The van der Waals surface area contributed by atoms with Gasteiger partial charge < -0.3 is 25.7 Å². The van der Waals surface area contributed by atoms with Crippen molar-refractivity contribution in [2.24, 2.45) is 11.1 Å². The summed E-state index contributed by atoms with van der Waals surface area (Å²) in [4.78, 5) is 35.9. The molecule has 202 valence electrons. The van der Waals surface area contributed by atoms with Gasteiger partial charge in [0.2, 0.25) is 5.82 Å². The van der Waals surface area contributed by atoms with Crippen LogP contribution in [0.25, 0.3) is 32.8 Å². The Labute approximate surface area is 228 Å². The number of piperazine rings is 1. The number of rotatable bonds is 3. The molecule has 2 amide bonds. The third kappa shape index (κ3) is 4.65. The van der Waals surface area contributed by atoms with Crippen molar-refractivity contribution < 1.29 is 24.2 Å². The number of primary amides is 1. The van der Waals surface area contributed by atoms with Crippen molar-refractivity contribution in [2.75, 3.05) is 24.5 Å². The number of amides is 2. The van der Waals surface area contributed by atoms with Gasteiger partial charge in [-0.25, -0.2) is 19.2 Å². The summed E-state index contributed by atoms with van der Waals surface area (Å²) in [5.74, 6) is -1.94. The van der Waals surface area contributed by atoms with Crippen LogP contribution >= 0.6 is 11.6 Å². The minimum atomic E-state index is -1.03. The molecular formula is C28H27ClFN5O4. The summed E-state index contributed by atoms with van der Waals surface area (Å²) >= 11 is 6.70. The molecule has 4 aromatic rings. The van der Waals surface area contributed by atoms with E-state index in [4.69, 9.17) is 17.3 Å². The quantitative estimate of drug-likeness (QED) is 0.316. The lowest BCUT2D eigenvalue weighted by molar-refractivity contribution is 0.0747. The number of carboxylic acid groups (broad SMARTS) is 1. The second kappa shape index (κ2) is 9.53. The molecule has 1 fully saturated rings. The van der Waals surface area contributed by atoms with Gasteiger partial charge in [-0.1, -0.05) is 56.6 Å². The summed E-state index contributed by atoms with van der Waals surface area (Å²) in [5, 5.41) is 21.8. The highest BCUT2D eigenvalue weighted by molar-refractivity contribution is 6.35. The number of fused-ring (bicyclic) bond motifs is 2. The SMILES string of the molecule is CC(C)(C)C1CN(c2nc(C(N)=O)nc3c(F)c(-c4cc(O)cc5ccccc45)c(Cl)cc23)CCN1C(=O)O. The number of nitrogens with zero attached hydrogens (tertiary/aromatic N) is 4. The molecule has 0 spiro atoms. The first kappa shape index (κ1) is 26.4. The Bertz CT molecular complexity index is 1660. The highest BCUT2D eigenvalue weighted by atomic mass is 35.5. The summed E-state index contributed by atoms with van der Waals surface area (Å²) in [6, 6.07) is 11.3. The second-order valence-corrected chi connectivity index (χ2v) is 11.1. The van der Waals surface area contributed by atoms with Crippen molar-refractivity contribution in [3.63, 3.8) is 0 Å². The summed E-state index contributed by atoms with van der Waals surface area (Å²) in [7, 11) is 0. The maximum absolute atomic E-state index is 16.4. The van der Waals surface area contributed by atoms with E-state index in [-0.39, 0.29) is 58.5 Å². The Balaban J connectivity index is 1.74. The Kier molecular flexibility index (Phi) is 6.46. The van der Waals surface area contributed by atoms with Crippen LogP contribution in [0, 0.1) is 11.2 Å². The highest BCUT2D eigenvalue weighted by Gasteiger charge is 2.39. The van der Waals surface area contributed by atoms with E-state index < -0.39 is 29.3 Å². The van der Waals surface area contributed by atoms with Gasteiger partial charge in [0.1, 0.15) is 17.1 Å². The molecule has 2 heterocycles. The lowest BCUT2D eigenvalue weighted by Gasteiger charge is -2.46. The summed E-state index contributed by atoms with van der Waals surface area (Å²) in [6.45, 7) is 6.49. The number of benzene rings is 3. The number of anilines is 1. The first-order valence-corrected chi connectivity index (χ1v) is 12.7. The second-order valence-electron chi connectivity index (χ2n) is 10.7. The van der Waals surface area contributed by atoms with Gasteiger partial charge in [0.05, 0.1) is 11.1 Å². The fourth-order valence-corrected chi connectivity index (χ4v) is 5.52. The fourth-order valence-electron chi connectivity index (χ4n) is 5.23. The number of aromatic hydroxyl groups is 1.